The van der Waals surface area contributed by atoms with Gasteiger partial charge < -0.3 is 15.7 Å². The standard InChI is InChI=1S/C10H19N3O4S/c1-18(16,17)9(11)8-6-12(10(14)15)5-7-3-2-4-13(7)8/h7-9H,2-6,11H2,1H3,(H,14,15)/t7-,8?,9?/m0/s1. The second-order valence-electron chi connectivity index (χ2n) is 5.08. The average Bonchev–Trinajstić information content (AvgIpc) is 2.73. The topological polar surface area (TPSA) is 104 Å². The highest BCUT2D eigenvalue weighted by atomic mass is 32.2. The number of hydrogen-bond acceptors (Lipinski definition) is 5. The molecule has 2 fully saturated rings. The van der Waals surface area contributed by atoms with Crippen LogP contribution in [0.25, 0.3) is 0 Å². The third-order valence-electron chi connectivity index (χ3n) is 3.83. The first-order valence-electron chi connectivity index (χ1n) is 5.99. The SMILES string of the molecule is CS(=O)(=O)C(N)C1CN(C(=O)O)C[C@@H]2CCCN12. The lowest BCUT2D eigenvalue weighted by Gasteiger charge is -2.44. The number of hydrogen-bond donors (Lipinski definition) is 2. The third kappa shape index (κ3) is 2.45. The Bertz CT molecular complexity index is 438. The highest BCUT2D eigenvalue weighted by Gasteiger charge is 2.43. The zero-order valence-corrected chi connectivity index (χ0v) is 11.1. The van der Waals surface area contributed by atoms with Crippen molar-refractivity contribution in [1.29, 1.82) is 0 Å². The molecule has 0 saturated carbocycles. The number of carbonyl (C=O) groups is 1. The molecule has 3 atom stereocenters. The number of rotatable bonds is 2. The van der Waals surface area contributed by atoms with Crippen molar-refractivity contribution in [3.63, 3.8) is 0 Å². The van der Waals surface area contributed by atoms with Crippen molar-refractivity contribution in [2.24, 2.45) is 5.73 Å². The first kappa shape index (κ1) is 13.6. The average molecular weight is 277 g/mol. The van der Waals surface area contributed by atoms with E-state index in [4.69, 9.17) is 10.8 Å². The minimum Gasteiger partial charge on any atom is -0.465 e. The summed E-state index contributed by atoms with van der Waals surface area (Å²) < 4.78 is 23.2. The molecule has 2 aliphatic rings. The van der Waals surface area contributed by atoms with Crippen LogP contribution in [-0.2, 0) is 9.84 Å². The van der Waals surface area contributed by atoms with Gasteiger partial charge in [-0.3, -0.25) is 4.90 Å². The van der Waals surface area contributed by atoms with Crippen molar-refractivity contribution in [3.8, 4) is 0 Å². The Balaban J connectivity index is 2.23. The van der Waals surface area contributed by atoms with Gasteiger partial charge in [0.15, 0.2) is 9.84 Å². The van der Waals surface area contributed by atoms with Crippen LogP contribution in [0.15, 0.2) is 0 Å². The molecule has 0 radical (unpaired) electrons. The fourth-order valence-electron chi connectivity index (χ4n) is 2.88. The summed E-state index contributed by atoms with van der Waals surface area (Å²) in [5, 5.41) is 8.05. The normalized spacial score (nSPS) is 31.1. The zero-order chi connectivity index (χ0) is 13.5. The molecule has 2 unspecified atom stereocenters. The van der Waals surface area contributed by atoms with Crippen LogP contribution in [0, 0.1) is 0 Å². The van der Waals surface area contributed by atoms with Crippen LogP contribution < -0.4 is 5.73 Å². The molecule has 8 heteroatoms. The summed E-state index contributed by atoms with van der Waals surface area (Å²) in [4.78, 5) is 14.4. The van der Waals surface area contributed by atoms with Crippen LogP contribution in [0.4, 0.5) is 4.79 Å². The number of carboxylic acid groups (broad SMARTS) is 1. The van der Waals surface area contributed by atoms with E-state index >= 15 is 0 Å². The quantitative estimate of drug-likeness (QED) is 0.681. The smallest absolute Gasteiger partial charge is 0.407 e. The lowest BCUT2D eigenvalue weighted by Crippen LogP contribution is -2.64. The molecule has 2 heterocycles. The van der Waals surface area contributed by atoms with Crippen LogP contribution in [0.3, 0.4) is 0 Å². The Morgan fingerprint density at radius 2 is 2.11 bits per heavy atom. The molecule has 0 bridgehead atoms. The molecule has 2 aliphatic heterocycles. The van der Waals surface area contributed by atoms with Gasteiger partial charge in [-0.1, -0.05) is 0 Å². The second-order valence-corrected chi connectivity index (χ2v) is 7.29. The molecule has 0 aliphatic carbocycles. The number of amides is 1. The molecule has 0 aromatic carbocycles. The summed E-state index contributed by atoms with van der Waals surface area (Å²) in [7, 11) is -3.37. The van der Waals surface area contributed by atoms with Gasteiger partial charge >= 0.3 is 6.09 Å². The van der Waals surface area contributed by atoms with Crippen LogP contribution in [0.5, 0.6) is 0 Å². The minimum absolute atomic E-state index is 0.104. The first-order chi connectivity index (χ1) is 8.30. The maximum atomic E-state index is 11.6. The monoisotopic (exact) mass is 277 g/mol. The predicted molar refractivity (Wildman–Crippen MR) is 65.9 cm³/mol. The number of piperazine rings is 1. The second kappa shape index (κ2) is 4.67. The van der Waals surface area contributed by atoms with E-state index < -0.39 is 27.3 Å². The van der Waals surface area contributed by atoms with Gasteiger partial charge in [0, 0.05) is 25.4 Å². The van der Waals surface area contributed by atoms with Gasteiger partial charge in [-0.15, -0.1) is 0 Å². The van der Waals surface area contributed by atoms with Crippen LogP contribution >= 0.6 is 0 Å². The summed E-state index contributed by atoms with van der Waals surface area (Å²) in [5.74, 6) is 0. The number of nitrogens with two attached hydrogens (primary N) is 1. The van der Waals surface area contributed by atoms with E-state index in [1.54, 1.807) is 0 Å². The minimum atomic E-state index is -3.37. The molecule has 18 heavy (non-hydrogen) atoms. The lowest BCUT2D eigenvalue weighted by molar-refractivity contribution is 0.0484. The molecular weight excluding hydrogens is 258 g/mol. The van der Waals surface area contributed by atoms with Gasteiger partial charge in [-0.05, 0) is 19.4 Å². The molecule has 2 rings (SSSR count). The van der Waals surface area contributed by atoms with Crippen molar-refractivity contribution in [1.82, 2.24) is 9.80 Å². The van der Waals surface area contributed by atoms with Gasteiger partial charge in [0.25, 0.3) is 0 Å². The molecule has 3 N–H and O–H groups in total. The molecular formula is C10H19N3O4S. The molecule has 7 nitrogen and oxygen atoms in total. The van der Waals surface area contributed by atoms with Crippen molar-refractivity contribution in [3.05, 3.63) is 0 Å². The Morgan fingerprint density at radius 3 is 2.67 bits per heavy atom. The Kier molecular flexibility index (Phi) is 3.52. The van der Waals surface area contributed by atoms with E-state index in [0.717, 1.165) is 25.6 Å². The lowest BCUT2D eigenvalue weighted by atomic mass is 10.1. The Labute approximate surface area is 106 Å². The number of fused-ring (bicyclic) bond motifs is 1. The van der Waals surface area contributed by atoms with Crippen molar-refractivity contribution in [2.75, 3.05) is 25.9 Å². The van der Waals surface area contributed by atoms with Gasteiger partial charge in [0.1, 0.15) is 5.37 Å². The summed E-state index contributed by atoms with van der Waals surface area (Å²) in [6.45, 7) is 1.41. The fraction of sp³-hybridized carbons (Fsp3) is 0.900. The summed E-state index contributed by atoms with van der Waals surface area (Å²) in [6, 6.07) is -0.329. The summed E-state index contributed by atoms with van der Waals surface area (Å²) in [6.07, 6.45) is 1.96. The van der Waals surface area contributed by atoms with E-state index in [0.29, 0.717) is 6.54 Å². The van der Waals surface area contributed by atoms with E-state index in [1.165, 1.54) is 4.90 Å². The maximum absolute atomic E-state index is 11.6. The Hall–Kier alpha value is -0.860. The number of nitrogens with zero attached hydrogens (tertiary/aromatic N) is 2. The van der Waals surface area contributed by atoms with Gasteiger partial charge in [0.05, 0.1) is 6.04 Å². The van der Waals surface area contributed by atoms with Gasteiger partial charge in [-0.25, -0.2) is 13.2 Å². The highest BCUT2D eigenvalue weighted by Crippen LogP contribution is 2.27. The molecule has 104 valence electrons. The van der Waals surface area contributed by atoms with E-state index in [2.05, 4.69) is 4.90 Å². The van der Waals surface area contributed by atoms with Crippen molar-refractivity contribution < 1.29 is 18.3 Å². The predicted octanol–water partition coefficient (Wildman–Crippen LogP) is -0.858. The molecule has 0 aromatic heterocycles. The molecule has 2 saturated heterocycles. The first-order valence-corrected chi connectivity index (χ1v) is 7.94. The molecule has 0 aromatic rings. The van der Waals surface area contributed by atoms with E-state index in [-0.39, 0.29) is 12.6 Å². The largest absolute Gasteiger partial charge is 0.465 e. The van der Waals surface area contributed by atoms with Gasteiger partial charge in [0.2, 0.25) is 0 Å². The van der Waals surface area contributed by atoms with Gasteiger partial charge in [-0.2, -0.15) is 0 Å². The van der Waals surface area contributed by atoms with E-state index in [1.807, 2.05) is 0 Å². The highest BCUT2D eigenvalue weighted by molar-refractivity contribution is 7.91. The summed E-state index contributed by atoms with van der Waals surface area (Å²) in [5.41, 5.74) is 5.79. The van der Waals surface area contributed by atoms with Crippen LogP contribution in [0.1, 0.15) is 12.8 Å². The Morgan fingerprint density at radius 1 is 1.44 bits per heavy atom. The fourth-order valence-corrected chi connectivity index (χ4v) is 3.70. The van der Waals surface area contributed by atoms with Crippen LogP contribution in [-0.4, -0.2) is 72.8 Å². The van der Waals surface area contributed by atoms with Crippen molar-refractivity contribution >= 4 is 15.9 Å². The maximum Gasteiger partial charge on any atom is 0.407 e. The van der Waals surface area contributed by atoms with Crippen molar-refractivity contribution in [2.45, 2.75) is 30.3 Å². The third-order valence-corrected chi connectivity index (χ3v) is 5.13. The van der Waals surface area contributed by atoms with Crippen LogP contribution in [0.2, 0.25) is 0 Å². The zero-order valence-electron chi connectivity index (χ0n) is 10.3. The van der Waals surface area contributed by atoms with E-state index in [9.17, 15) is 13.2 Å². The number of sulfone groups is 1. The molecule has 0 spiro atoms. The molecule has 1 amide bonds. The summed E-state index contributed by atoms with van der Waals surface area (Å²) >= 11 is 0.